The highest BCUT2D eigenvalue weighted by molar-refractivity contribution is 8.00. The summed E-state index contributed by atoms with van der Waals surface area (Å²) >= 11 is 3.57. The summed E-state index contributed by atoms with van der Waals surface area (Å²) in [5, 5.41) is 44.5. The van der Waals surface area contributed by atoms with Crippen LogP contribution in [0.15, 0.2) is 25.3 Å². The topological polar surface area (TPSA) is 735 Å². The number of amides is 8. The Labute approximate surface area is 593 Å². The summed E-state index contributed by atoms with van der Waals surface area (Å²) in [6, 6.07) is 0.0922. The van der Waals surface area contributed by atoms with Crippen molar-refractivity contribution in [1.29, 1.82) is 0 Å². The number of urea groups is 2. The predicted molar refractivity (Wildman–Crippen MR) is 349 cm³/mol. The number of aliphatic hydroxyl groups is 2. The van der Waals surface area contributed by atoms with Gasteiger partial charge in [-0.2, -0.15) is 40.8 Å². The number of fused-ring (bicyclic) bond motifs is 4. The number of alkyl carbamates (subject to hydrolysis) is 2. The first-order chi connectivity index (χ1) is 48.8. The number of imidazole rings is 2. The maximum atomic E-state index is 12.8. The zero-order valence-corrected chi connectivity index (χ0v) is 60.4. The number of nitrogens with one attached hydrogen (secondary N) is 8. The van der Waals surface area contributed by atoms with E-state index >= 15 is 0 Å². The van der Waals surface area contributed by atoms with Crippen LogP contribution in [0.2, 0.25) is 0 Å². The number of nitrogens with zero attached hydrogens (tertiary/aromatic N) is 8. The number of aromatic nitrogens is 8. The van der Waals surface area contributed by atoms with Crippen molar-refractivity contribution in [2.45, 2.75) is 135 Å². The number of rotatable bonds is 34. The smallest absolute Gasteiger partial charge is 0.440 e. The molecule has 10 rings (SSSR count). The van der Waals surface area contributed by atoms with Gasteiger partial charge in [0.2, 0.25) is 11.8 Å². The minimum atomic E-state index is -5.84. The van der Waals surface area contributed by atoms with Crippen LogP contribution in [0.25, 0.3) is 22.3 Å². The van der Waals surface area contributed by atoms with Gasteiger partial charge in [0, 0.05) is 61.0 Å². The fourth-order valence-electron chi connectivity index (χ4n) is 11.3. The molecule has 22 N–H and O–H groups in total. The molecule has 6 fully saturated rings. The molecule has 4 unspecified atom stereocenters. The monoisotopic (exact) mass is 1640 g/mol. The first kappa shape index (κ1) is 82.1. The van der Waals surface area contributed by atoms with Gasteiger partial charge in [0.1, 0.15) is 48.1 Å². The van der Waals surface area contributed by atoms with Crippen molar-refractivity contribution < 1.29 is 151 Å². The van der Waals surface area contributed by atoms with Gasteiger partial charge in [0.05, 0.1) is 50.0 Å². The van der Waals surface area contributed by atoms with E-state index in [-0.39, 0.29) is 132 Å². The van der Waals surface area contributed by atoms with Crippen LogP contribution in [-0.4, -0.2) is 247 Å². The van der Waals surface area contributed by atoms with Crippen LogP contribution in [0.3, 0.4) is 0 Å². The minimum absolute atomic E-state index is 0.0117. The molecule has 6 aliphatic heterocycles. The molecule has 0 aromatic carbocycles. The maximum absolute atomic E-state index is 12.8. The van der Waals surface area contributed by atoms with Crippen molar-refractivity contribution in [2.75, 3.05) is 62.4 Å². The third-order valence-electron chi connectivity index (χ3n) is 15.7. The van der Waals surface area contributed by atoms with Gasteiger partial charge in [-0.3, -0.25) is 27.8 Å². The van der Waals surface area contributed by atoms with E-state index in [4.69, 9.17) is 50.0 Å². The van der Waals surface area contributed by atoms with Gasteiger partial charge in [0.15, 0.2) is 47.6 Å². The molecule has 0 saturated carbocycles. The number of hydrogen-bond acceptors (Lipinski definition) is 34. The van der Waals surface area contributed by atoms with Crippen molar-refractivity contribution in [3.05, 3.63) is 25.3 Å². The number of thioether (sulfide) groups is 2. The number of hydrogen-bond donors (Lipinski definition) is 20. The van der Waals surface area contributed by atoms with Crippen molar-refractivity contribution in [3.63, 3.8) is 0 Å². The Morgan fingerprint density at radius 2 is 0.942 bits per heavy atom. The first-order valence-corrected chi connectivity index (χ1v) is 41.9. The van der Waals surface area contributed by atoms with Gasteiger partial charge >= 0.3 is 71.2 Å². The Morgan fingerprint density at radius 3 is 1.39 bits per heavy atom. The number of unbranched alkanes of at least 4 members (excludes halogenated alkanes) is 2. The highest BCUT2D eigenvalue weighted by Gasteiger charge is 2.52. The summed E-state index contributed by atoms with van der Waals surface area (Å²) < 4.78 is 118. The van der Waals surface area contributed by atoms with E-state index in [2.05, 4.69) is 98.7 Å². The summed E-state index contributed by atoms with van der Waals surface area (Å²) in [5.41, 5.74) is 12.0. The van der Waals surface area contributed by atoms with Crippen molar-refractivity contribution in [1.82, 2.24) is 81.6 Å². The highest BCUT2D eigenvalue weighted by atomic mass is 32.2. The molecule has 6 saturated heterocycles. The molecular formula is C46H72N18O32P6S2. The number of phosphoric ester groups is 2. The van der Waals surface area contributed by atoms with Crippen LogP contribution in [0, 0.1) is 0 Å². The average molecular weight is 1640 g/mol. The molecule has 0 bridgehead atoms. The van der Waals surface area contributed by atoms with E-state index in [9.17, 15) is 85.9 Å². The molecule has 0 aliphatic carbocycles. The summed E-state index contributed by atoms with van der Waals surface area (Å²) in [7, 11) is -34.2. The largest absolute Gasteiger partial charge is 0.490 e. The fourth-order valence-corrected chi connectivity index (χ4v) is 20.4. The van der Waals surface area contributed by atoms with Gasteiger partial charge in [-0.25, -0.2) is 76.5 Å². The van der Waals surface area contributed by atoms with Crippen molar-refractivity contribution >= 4 is 140 Å². The minimum Gasteiger partial charge on any atom is -0.440 e. The van der Waals surface area contributed by atoms with Gasteiger partial charge in [-0.15, -0.1) is 0 Å². The molecule has 104 heavy (non-hydrogen) atoms. The first-order valence-electron chi connectivity index (χ1n) is 30.7. The Morgan fingerprint density at radius 1 is 0.529 bits per heavy atom. The number of carbonyl (C=O) groups excluding carboxylic acids is 6. The van der Waals surface area contributed by atoms with Crippen molar-refractivity contribution in [2.24, 2.45) is 0 Å². The second-order valence-electron chi connectivity index (χ2n) is 23.1. The number of anilines is 2. The van der Waals surface area contributed by atoms with Crippen LogP contribution in [0.1, 0.15) is 63.8 Å². The zero-order chi connectivity index (χ0) is 75.7. The van der Waals surface area contributed by atoms with Gasteiger partial charge in [-0.1, -0.05) is 12.8 Å². The van der Waals surface area contributed by atoms with E-state index in [0.29, 0.717) is 12.8 Å². The maximum Gasteiger partial charge on any atom is 0.490 e. The third kappa shape index (κ3) is 23.1. The number of aliphatic hydroxyl groups excluding tert-OH is 2. The standard InChI is InChI=1S/2C23H36N9O16P3S/c24-19-16-20(28-9-27-19)32(10-29-16)21-17(34)18(12(45-21)7-44-50(40,41)48-51(42,43)47-49(37,38)39)46-23(36)26-6-5-25-14(33)4-2-1-3-13-15-11(8-52-13)30-22(35)31-15;24-19-16-20(28-9-27-19)32(10-29-16)21-18(17(34)12(45-21)7-44-50(40,41)48-51(42,43)47-49(37,38)39)46-23(36)26-6-5-25-14(33)4-2-1-3-13-15-11(8-52-13)30-22(35)31-15/h2*9-13,15,17-18,21,34H,1-8H2,(H,25,33)(H,26,36)(H,40,41)(H,42,43)(H2,24,27,28)(H2,30,31,35)(H2,37,38,39)/t2*11-,12+,13-,15-,17+,18+,21+/m00/s1. The molecule has 0 spiro atoms. The summed E-state index contributed by atoms with van der Waals surface area (Å²) in [6.07, 6.45) is -5.51. The lowest BCUT2D eigenvalue weighted by Gasteiger charge is -2.22. The molecule has 50 nitrogen and oxygen atoms in total. The van der Waals surface area contributed by atoms with E-state index < -0.39 is 121 Å². The van der Waals surface area contributed by atoms with Crippen LogP contribution in [-0.2, 0) is 82.2 Å². The number of nitrogen functional groups attached to an aromatic ring is 2. The Bertz CT molecular complexity index is 4070. The second-order valence-corrected chi connectivity index (χ2v) is 34.5. The molecule has 58 heteroatoms. The fraction of sp³-hybridized carbons (Fsp3) is 0.652. The number of ether oxygens (including phenoxy) is 4. The van der Waals surface area contributed by atoms with E-state index in [1.807, 2.05) is 0 Å². The number of nitrogens with two attached hydrogens (primary N) is 2. The van der Waals surface area contributed by atoms with E-state index in [0.717, 1.165) is 49.8 Å². The third-order valence-corrected chi connectivity index (χ3v) is 26.3. The van der Waals surface area contributed by atoms with Gasteiger partial charge < -0.3 is 122 Å². The van der Waals surface area contributed by atoms with E-state index in [1.54, 1.807) is 23.5 Å². The molecule has 4 aromatic heterocycles. The van der Waals surface area contributed by atoms with Gasteiger partial charge in [0.25, 0.3) is 0 Å². The number of phosphoric acid groups is 6. The lowest BCUT2D eigenvalue weighted by atomic mass is 10.0. The SMILES string of the molecule is Nc1ncnc2c1ncn2[C@@H]1O[C@H](COP(=O)(O)OP(=O)(O)OP(=O)(O)O)[C@@H](O)[C@H]1OC(=O)NCCNC(=O)CCCC[C@@H]1SC[C@@H]2NC(=O)N[C@@H]21.Nc1ncnc2c1ncn2[C@@H]1O[C@H](COP(=O)(O)OP(=O)(O)OP(=O)(O)O)[C@@H](OC(=O)NCCNC(=O)CCCC[C@@H]2SC[C@@H]3NC(=O)N[C@@H]32)[C@H]1O. The molecular weight excluding hydrogens is 1570 g/mol. The van der Waals surface area contributed by atoms with Crippen molar-refractivity contribution in [3.8, 4) is 0 Å². The van der Waals surface area contributed by atoms with Crippen LogP contribution >= 0.6 is 70.5 Å². The average Bonchev–Trinajstić information content (AvgIpc) is 1.62. The Hall–Kier alpha value is -5.92. The lowest BCUT2D eigenvalue weighted by Crippen LogP contribution is -2.42. The summed E-state index contributed by atoms with van der Waals surface area (Å²) in [6.45, 7) is -2.28. The molecule has 8 amide bonds. The molecule has 4 aromatic rings. The zero-order valence-electron chi connectivity index (χ0n) is 53.4. The summed E-state index contributed by atoms with van der Waals surface area (Å²) in [5.74, 6) is 1.15. The molecule has 0 radical (unpaired) electrons. The molecule has 6 aliphatic rings. The van der Waals surface area contributed by atoms with Crippen LogP contribution in [0.5, 0.6) is 0 Å². The number of carbonyl (C=O) groups is 6. The second kappa shape index (κ2) is 35.0. The van der Waals surface area contributed by atoms with E-state index in [1.165, 1.54) is 21.8 Å². The quantitative estimate of drug-likeness (QED) is 0.0135. The Kier molecular flexibility index (Phi) is 27.6. The van der Waals surface area contributed by atoms with Gasteiger partial charge in [-0.05, 0) is 25.7 Å². The Balaban J connectivity index is 0.000000241. The predicted octanol–water partition coefficient (Wildman–Crippen LogP) is -2.11. The molecule has 580 valence electrons. The summed E-state index contributed by atoms with van der Waals surface area (Å²) in [4.78, 5) is 170. The lowest BCUT2D eigenvalue weighted by molar-refractivity contribution is -0.122. The highest BCUT2D eigenvalue weighted by Crippen LogP contribution is 2.67. The van der Waals surface area contributed by atoms with Crippen LogP contribution < -0.4 is 54.0 Å². The molecule has 10 heterocycles. The molecule has 18 atom stereocenters. The normalized spacial score (nSPS) is 28.0. The van der Waals surface area contributed by atoms with Crippen LogP contribution in [0.4, 0.5) is 30.8 Å².